The van der Waals surface area contributed by atoms with Crippen molar-refractivity contribution in [2.45, 2.75) is 25.7 Å². The van der Waals surface area contributed by atoms with Crippen LogP contribution in [0.25, 0.3) is 0 Å². The van der Waals surface area contributed by atoms with Gasteiger partial charge in [0.2, 0.25) is 0 Å². The second-order valence-electron chi connectivity index (χ2n) is 3.96. The van der Waals surface area contributed by atoms with Crippen molar-refractivity contribution < 1.29 is 9.18 Å². The molecule has 18 heavy (non-hydrogen) atoms. The van der Waals surface area contributed by atoms with Crippen LogP contribution in [-0.4, -0.2) is 16.9 Å². The van der Waals surface area contributed by atoms with Crippen molar-refractivity contribution in [2.75, 3.05) is 11.0 Å². The molecule has 2 nitrogen and oxygen atoms in total. The summed E-state index contributed by atoms with van der Waals surface area (Å²) in [5, 5.41) is 2.81. The third kappa shape index (κ3) is 5.22. The number of hydrogen-bond acceptors (Lipinski definition) is 1. The average Bonchev–Trinajstić information content (AvgIpc) is 2.36. The summed E-state index contributed by atoms with van der Waals surface area (Å²) in [4.78, 5) is 11.8. The van der Waals surface area contributed by atoms with E-state index in [0.29, 0.717) is 12.1 Å². The summed E-state index contributed by atoms with van der Waals surface area (Å²) in [6.07, 6.45) is 4.51. The molecule has 0 saturated heterocycles. The van der Waals surface area contributed by atoms with Gasteiger partial charge in [-0.15, -0.1) is 0 Å². The van der Waals surface area contributed by atoms with Crippen molar-refractivity contribution in [1.82, 2.24) is 5.32 Å². The number of rotatable bonds is 7. The summed E-state index contributed by atoms with van der Waals surface area (Å²) in [6.45, 7) is 0.642. The number of halogens is 3. The number of nitrogens with one attached hydrogen (secondary N) is 1. The van der Waals surface area contributed by atoms with Gasteiger partial charge in [-0.05, 0) is 45.3 Å². The van der Waals surface area contributed by atoms with Crippen LogP contribution in [0.15, 0.2) is 22.7 Å². The lowest BCUT2D eigenvalue weighted by molar-refractivity contribution is 0.0951. The number of amides is 1. The predicted octanol–water partition coefficient (Wildman–Crippen LogP) is 4.31. The fourth-order valence-electron chi connectivity index (χ4n) is 1.55. The van der Waals surface area contributed by atoms with Crippen LogP contribution in [0.3, 0.4) is 0 Å². The zero-order chi connectivity index (χ0) is 13.4. The molecule has 0 aliphatic heterocycles. The van der Waals surface area contributed by atoms with Crippen LogP contribution in [-0.2, 0) is 0 Å². The van der Waals surface area contributed by atoms with E-state index in [0.717, 1.165) is 12.8 Å². The molecule has 1 amide bonds. The molecule has 0 aliphatic carbocycles. The number of carbonyl (C=O) groups excluding carboxylic acids is 1. The molecule has 1 N–H and O–H groups in total. The van der Waals surface area contributed by atoms with E-state index in [2.05, 4.69) is 43.8 Å². The Morgan fingerprint density at radius 3 is 2.72 bits per heavy atom. The molecule has 1 aromatic rings. The highest BCUT2D eigenvalue weighted by Gasteiger charge is 2.11. The van der Waals surface area contributed by atoms with Crippen LogP contribution in [0, 0.1) is 5.82 Å². The molecule has 0 bridgehead atoms. The van der Waals surface area contributed by atoms with Gasteiger partial charge in [0, 0.05) is 6.54 Å². The Morgan fingerprint density at radius 1 is 1.28 bits per heavy atom. The molecule has 0 atom stereocenters. The highest BCUT2D eigenvalue weighted by molar-refractivity contribution is 14.1. The van der Waals surface area contributed by atoms with Crippen molar-refractivity contribution in [2.24, 2.45) is 0 Å². The Labute approximate surface area is 129 Å². The molecule has 1 rings (SSSR count). The zero-order valence-corrected chi connectivity index (χ0v) is 13.8. The lowest BCUT2D eigenvalue weighted by Gasteiger charge is -2.07. The van der Waals surface area contributed by atoms with Crippen LogP contribution in [0.2, 0.25) is 0 Å². The van der Waals surface area contributed by atoms with E-state index >= 15 is 0 Å². The summed E-state index contributed by atoms with van der Waals surface area (Å²) < 4.78 is 14.6. The second-order valence-corrected chi connectivity index (χ2v) is 5.83. The van der Waals surface area contributed by atoms with Gasteiger partial charge in [-0.25, -0.2) is 4.39 Å². The lowest BCUT2D eigenvalue weighted by atomic mass is 10.2. The lowest BCUT2D eigenvalue weighted by Crippen LogP contribution is -2.25. The van der Waals surface area contributed by atoms with E-state index in [4.69, 9.17) is 0 Å². The van der Waals surface area contributed by atoms with Gasteiger partial charge in [-0.3, -0.25) is 4.79 Å². The SMILES string of the molecule is O=C(NCCCCCCI)c1cccc(F)c1Br. The van der Waals surface area contributed by atoms with Crippen molar-refractivity contribution in [1.29, 1.82) is 0 Å². The second kappa shape index (κ2) is 8.85. The molecule has 0 heterocycles. The summed E-state index contributed by atoms with van der Waals surface area (Å²) in [6, 6.07) is 4.47. The number of alkyl halides is 1. The van der Waals surface area contributed by atoms with E-state index in [1.165, 1.54) is 29.4 Å². The summed E-state index contributed by atoms with van der Waals surface area (Å²) in [5.74, 6) is -0.639. The molecular weight excluding hydrogens is 412 g/mol. The molecule has 0 spiro atoms. The summed E-state index contributed by atoms with van der Waals surface area (Å²) >= 11 is 5.45. The predicted molar refractivity (Wildman–Crippen MR) is 83.8 cm³/mol. The Balaban J connectivity index is 2.35. The minimum Gasteiger partial charge on any atom is -0.352 e. The van der Waals surface area contributed by atoms with Gasteiger partial charge in [0.25, 0.3) is 5.91 Å². The number of hydrogen-bond donors (Lipinski definition) is 1. The molecule has 0 fully saturated rings. The van der Waals surface area contributed by atoms with Gasteiger partial charge in [0.1, 0.15) is 5.82 Å². The minimum absolute atomic E-state index is 0.227. The van der Waals surface area contributed by atoms with Crippen molar-refractivity contribution in [3.8, 4) is 0 Å². The Kier molecular flexibility index (Phi) is 7.81. The molecule has 1 aromatic carbocycles. The molecule has 100 valence electrons. The zero-order valence-electron chi connectivity index (χ0n) is 10.0. The Bertz CT molecular complexity index is 401. The fourth-order valence-corrected chi connectivity index (χ4v) is 2.53. The first-order valence-corrected chi connectivity index (χ1v) is 8.27. The maximum atomic E-state index is 13.2. The van der Waals surface area contributed by atoms with Crippen molar-refractivity contribution >= 4 is 44.4 Å². The van der Waals surface area contributed by atoms with E-state index < -0.39 is 5.82 Å². The normalized spacial score (nSPS) is 10.4. The van der Waals surface area contributed by atoms with Gasteiger partial charge in [0.15, 0.2) is 0 Å². The standard InChI is InChI=1S/C13H16BrFINO/c14-12-10(6-5-7-11(12)15)13(18)17-9-4-2-1-3-8-16/h5-7H,1-4,8-9H2,(H,17,18). The Hall–Kier alpha value is -0.170. The third-order valence-electron chi connectivity index (χ3n) is 2.54. The first-order valence-electron chi connectivity index (χ1n) is 5.95. The topological polar surface area (TPSA) is 29.1 Å². The quantitative estimate of drug-likeness (QED) is 0.392. The first-order chi connectivity index (χ1) is 8.66. The minimum atomic E-state index is -0.412. The number of carbonyl (C=O) groups is 1. The van der Waals surface area contributed by atoms with E-state index in [-0.39, 0.29) is 10.4 Å². The molecule has 0 radical (unpaired) electrons. The monoisotopic (exact) mass is 427 g/mol. The number of benzene rings is 1. The average molecular weight is 428 g/mol. The molecule has 5 heteroatoms. The van der Waals surface area contributed by atoms with E-state index in [9.17, 15) is 9.18 Å². The van der Waals surface area contributed by atoms with Crippen LogP contribution in [0.5, 0.6) is 0 Å². The van der Waals surface area contributed by atoms with E-state index in [1.54, 1.807) is 6.07 Å². The van der Waals surface area contributed by atoms with Crippen molar-refractivity contribution in [3.63, 3.8) is 0 Å². The van der Waals surface area contributed by atoms with Crippen LogP contribution < -0.4 is 5.32 Å². The number of unbranched alkanes of at least 4 members (excludes halogenated alkanes) is 3. The largest absolute Gasteiger partial charge is 0.352 e. The van der Waals surface area contributed by atoms with Crippen LogP contribution in [0.1, 0.15) is 36.0 Å². The van der Waals surface area contributed by atoms with Crippen molar-refractivity contribution in [3.05, 3.63) is 34.1 Å². The molecular formula is C13H16BrFINO. The Morgan fingerprint density at radius 2 is 2.00 bits per heavy atom. The van der Waals surface area contributed by atoms with Gasteiger partial charge >= 0.3 is 0 Å². The fraction of sp³-hybridized carbons (Fsp3) is 0.462. The van der Waals surface area contributed by atoms with Gasteiger partial charge in [-0.2, -0.15) is 0 Å². The molecule has 0 aliphatic rings. The molecule has 0 aromatic heterocycles. The third-order valence-corrected chi connectivity index (χ3v) is 4.11. The van der Waals surface area contributed by atoms with Crippen LogP contribution >= 0.6 is 38.5 Å². The van der Waals surface area contributed by atoms with Gasteiger partial charge < -0.3 is 5.32 Å². The molecule has 0 unspecified atom stereocenters. The van der Waals surface area contributed by atoms with E-state index in [1.807, 2.05) is 0 Å². The first kappa shape index (κ1) is 15.9. The summed E-state index contributed by atoms with van der Waals surface area (Å²) in [7, 11) is 0. The van der Waals surface area contributed by atoms with Gasteiger partial charge in [0.05, 0.1) is 10.0 Å². The highest BCUT2D eigenvalue weighted by Crippen LogP contribution is 2.20. The maximum absolute atomic E-state index is 13.2. The highest BCUT2D eigenvalue weighted by atomic mass is 127. The maximum Gasteiger partial charge on any atom is 0.252 e. The smallest absolute Gasteiger partial charge is 0.252 e. The summed E-state index contributed by atoms with van der Waals surface area (Å²) in [5.41, 5.74) is 0.349. The molecule has 0 saturated carbocycles. The van der Waals surface area contributed by atoms with Crippen LogP contribution in [0.4, 0.5) is 4.39 Å². The van der Waals surface area contributed by atoms with Gasteiger partial charge in [-0.1, -0.05) is 41.5 Å².